The van der Waals surface area contributed by atoms with Crippen LogP contribution in [-0.2, 0) is 13.0 Å². The molecule has 0 radical (unpaired) electrons. The van der Waals surface area contributed by atoms with E-state index >= 15 is 0 Å². The van der Waals surface area contributed by atoms with Crippen molar-refractivity contribution in [1.82, 2.24) is 24.9 Å². The number of carbonyl (C=O) groups is 1. The summed E-state index contributed by atoms with van der Waals surface area (Å²) in [5.41, 5.74) is 2.60. The summed E-state index contributed by atoms with van der Waals surface area (Å²) in [4.78, 5) is 26.1. The summed E-state index contributed by atoms with van der Waals surface area (Å²) >= 11 is 1.54. The smallest absolute Gasteiger partial charge is 0.273 e. The highest BCUT2D eigenvalue weighted by Crippen LogP contribution is 2.21. The number of hydrogen-bond acceptors (Lipinski definition) is 8. The van der Waals surface area contributed by atoms with Gasteiger partial charge in [0.15, 0.2) is 0 Å². The zero-order chi connectivity index (χ0) is 23.3. The van der Waals surface area contributed by atoms with E-state index in [4.69, 9.17) is 9.26 Å². The predicted octanol–water partition coefficient (Wildman–Crippen LogP) is 3.75. The molecule has 0 N–H and O–H groups in total. The van der Waals surface area contributed by atoms with Crippen molar-refractivity contribution < 1.29 is 14.1 Å². The van der Waals surface area contributed by atoms with Crippen LogP contribution in [-0.4, -0.2) is 64.1 Å². The van der Waals surface area contributed by atoms with Crippen LogP contribution < -0.4 is 4.74 Å². The summed E-state index contributed by atoms with van der Waals surface area (Å²) in [6.45, 7) is 3.33. The second kappa shape index (κ2) is 10.1. The Morgan fingerprint density at radius 3 is 2.53 bits per heavy atom. The van der Waals surface area contributed by atoms with E-state index in [-0.39, 0.29) is 5.91 Å². The number of hydrogen-bond donors (Lipinski definition) is 0. The minimum absolute atomic E-state index is 0.00482. The van der Waals surface area contributed by atoms with Gasteiger partial charge in [-0.2, -0.15) is 4.98 Å². The molecule has 3 heterocycles. The highest BCUT2D eigenvalue weighted by atomic mass is 32.1. The number of nitrogens with zero attached hydrogens (tertiary/aromatic N) is 5. The van der Waals surface area contributed by atoms with Gasteiger partial charge in [-0.25, -0.2) is 4.98 Å². The fourth-order valence-corrected chi connectivity index (χ4v) is 4.70. The molecular weight excluding hydrogens is 450 g/mol. The molecule has 2 aromatic carbocycles. The molecule has 9 heteroatoms. The van der Waals surface area contributed by atoms with E-state index in [0.717, 1.165) is 35.8 Å². The molecule has 5 rings (SSSR count). The molecule has 1 aliphatic rings. The lowest BCUT2D eigenvalue weighted by Crippen LogP contribution is -2.48. The van der Waals surface area contributed by atoms with Crippen LogP contribution in [0, 0.1) is 0 Å². The summed E-state index contributed by atoms with van der Waals surface area (Å²) in [6, 6.07) is 17.7. The van der Waals surface area contributed by atoms with E-state index in [0.29, 0.717) is 37.0 Å². The van der Waals surface area contributed by atoms with Crippen LogP contribution in [0.2, 0.25) is 0 Å². The molecule has 0 aliphatic carbocycles. The summed E-state index contributed by atoms with van der Waals surface area (Å²) in [7, 11) is 1.63. The fraction of sp³-hybridized carbons (Fsp3) is 0.280. The van der Waals surface area contributed by atoms with Crippen LogP contribution in [0.5, 0.6) is 5.75 Å². The Labute approximate surface area is 201 Å². The first-order valence-electron chi connectivity index (χ1n) is 11.1. The van der Waals surface area contributed by atoms with Crippen molar-refractivity contribution in [3.05, 3.63) is 82.1 Å². The highest BCUT2D eigenvalue weighted by Gasteiger charge is 2.25. The zero-order valence-electron chi connectivity index (χ0n) is 18.9. The number of piperazine rings is 1. The highest BCUT2D eigenvalue weighted by molar-refractivity contribution is 7.09. The van der Waals surface area contributed by atoms with Crippen molar-refractivity contribution in [3.8, 4) is 17.1 Å². The quantitative estimate of drug-likeness (QED) is 0.402. The average Bonchev–Trinajstić information content (AvgIpc) is 3.55. The lowest BCUT2D eigenvalue weighted by atomic mass is 10.2. The van der Waals surface area contributed by atoms with E-state index in [1.807, 2.05) is 52.7 Å². The lowest BCUT2D eigenvalue weighted by Gasteiger charge is -2.33. The summed E-state index contributed by atoms with van der Waals surface area (Å²) in [5.74, 6) is 1.90. The van der Waals surface area contributed by atoms with Crippen LogP contribution in [0.4, 0.5) is 0 Å². The number of thiazole rings is 1. The molecule has 1 saturated heterocycles. The number of benzene rings is 2. The molecule has 1 amide bonds. The van der Waals surface area contributed by atoms with Crippen molar-refractivity contribution >= 4 is 17.2 Å². The second-order valence-corrected chi connectivity index (χ2v) is 9.04. The van der Waals surface area contributed by atoms with Gasteiger partial charge in [-0.05, 0) is 29.8 Å². The molecule has 8 nitrogen and oxygen atoms in total. The van der Waals surface area contributed by atoms with Gasteiger partial charge in [0.2, 0.25) is 11.7 Å². The molecule has 4 aromatic rings. The van der Waals surface area contributed by atoms with E-state index in [1.54, 1.807) is 7.11 Å². The van der Waals surface area contributed by atoms with E-state index in [1.165, 1.54) is 16.9 Å². The van der Waals surface area contributed by atoms with Gasteiger partial charge in [0, 0.05) is 43.5 Å². The first kappa shape index (κ1) is 22.2. The zero-order valence-corrected chi connectivity index (χ0v) is 19.7. The Morgan fingerprint density at radius 1 is 1.03 bits per heavy atom. The largest absolute Gasteiger partial charge is 0.497 e. The van der Waals surface area contributed by atoms with Crippen molar-refractivity contribution in [1.29, 1.82) is 0 Å². The second-order valence-electron chi connectivity index (χ2n) is 8.10. The molecule has 0 unspecified atom stereocenters. The Morgan fingerprint density at radius 2 is 1.79 bits per heavy atom. The summed E-state index contributed by atoms with van der Waals surface area (Å²) < 4.78 is 10.6. The summed E-state index contributed by atoms with van der Waals surface area (Å²) in [5, 5.41) is 6.92. The third kappa shape index (κ3) is 5.16. The number of amides is 1. The molecule has 0 saturated carbocycles. The van der Waals surface area contributed by atoms with Crippen LogP contribution in [0.15, 0.2) is 64.5 Å². The molecule has 0 bridgehead atoms. The van der Waals surface area contributed by atoms with Crippen molar-refractivity contribution in [2.45, 2.75) is 13.0 Å². The normalized spacial score (nSPS) is 14.3. The van der Waals surface area contributed by atoms with E-state index in [9.17, 15) is 4.79 Å². The van der Waals surface area contributed by atoms with Gasteiger partial charge in [-0.1, -0.05) is 35.5 Å². The Hall–Kier alpha value is -3.56. The Kier molecular flexibility index (Phi) is 6.64. The van der Waals surface area contributed by atoms with Gasteiger partial charge in [-0.15, -0.1) is 11.3 Å². The van der Waals surface area contributed by atoms with Gasteiger partial charge in [0.1, 0.15) is 11.4 Å². The molecule has 174 valence electrons. The monoisotopic (exact) mass is 475 g/mol. The Bertz CT molecular complexity index is 1230. The van der Waals surface area contributed by atoms with E-state index in [2.05, 4.69) is 32.2 Å². The molecular formula is C25H25N5O3S. The molecule has 34 heavy (non-hydrogen) atoms. The standard InChI is InChI=1S/C25H25N5O3S/c1-32-20-9-7-19(8-10-20)24-27-22(33-28-24)16-29-11-13-30(14-12-29)25(31)21-17-34-23(26-21)15-18-5-3-2-4-6-18/h2-10,17H,11-16H2,1H3. The third-order valence-electron chi connectivity index (χ3n) is 5.80. The number of rotatable bonds is 7. The third-order valence-corrected chi connectivity index (χ3v) is 6.65. The van der Waals surface area contributed by atoms with Crippen LogP contribution in [0.3, 0.4) is 0 Å². The molecule has 0 spiro atoms. The maximum absolute atomic E-state index is 12.9. The van der Waals surface area contributed by atoms with Crippen molar-refractivity contribution in [3.63, 3.8) is 0 Å². The Balaban J connectivity index is 1.13. The van der Waals surface area contributed by atoms with Gasteiger partial charge in [-0.3, -0.25) is 9.69 Å². The maximum atomic E-state index is 12.9. The van der Waals surface area contributed by atoms with Gasteiger partial charge in [0.05, 0.1) is 18.7 Å². The SMILES string of the molecule is COc1ccc(-c2noc(CN3CCN(C(=O)c4csc(Cc5ccccc5)n4)CC3)n2)cc1. The number of methoxy groups -OCH3 is 1. The minimum atomic E-state index is -0.00482. The molecule has 1 aliphatic heterocycles. The van der Waals surface area contributed by atoms with Crippen molar-refractivity contribution in [2.75, 3.05) is 33.3 Å². The first-order chi connectivity index (χ1) is 16.7. The van der Waals surface area contributed by atoms with Crippen LogP contribution in [0.1, 0.15) is 27.0 Å². The molecule has 2 aromatic heterocycles. The first-order valence-corrected chi connectivity index (χ1v) is 12.0. The molecule has 0 atom stereocenters. The van der Waals surface area contributed by atoms with Gasteiger partial charge >= 0.3 is 0 Å². The predicted molar refractivity (Wildman–Crippen MR) is 129 cm³/mol. The number of aromatic nitrogens is 3. The lowest BCUT2D eigenvalue weighted by molar-refractivity contribution is 0.0610. The number of ether oxygens (including phenoxy) is 1. The van der Waals surface area contributed by atoms with E-state index < -0.39 is 0 Å². The van der Waals surface area contributed by atoms with Gasteiger partial charge < -0.3 is 14.2 Å². The minimum Gasteiger partial charge on any atom is -0.497 e. The topological polar surface area (TPSA) is 84.6 Å². The van der Waals surface area contributed by atoms with Crippen LogP contribution >= 0.6 is 11.3 Å². The summed E-state index contributed by atoms with van der Waals surface area (Å²) in [6.07, 6.45) is 0.745. The number of carbonyl (C=O) groups excluding carboxylic acids is 1. The van der Waals surface area contributed by atoms with Gasteiger partial charge in [0.25, 0.3) is 5.91 Å². The van der Waals surface area contributed by atoms with Crippen LogP contribution in [0.25, 0.3) is 11.4 Å². The maximum Gasteiger partial charge on any atom is 0.273 e. The fourth-order valence-electron chi connectivity index (χ4n) is 3.90. The molecule has 1 fully saturated rings. The average molecular weight is 476 g/mol. The van der Waals surface area contributed by atoms with Crippen molar-refractivity contribution in [2.24, 2.45) is 0 Å².